The second-order valence-corrected chi connectivity index (χ2v) is 5.45. The molecular weight excluding hydrogens is 276 g/mol. The molecule has 3 aromatic rings. The highest BCUT2D eigenvalue weighted by atomic mass is 16.5. The Hall–Kier alpha value is -2.33. The van der Waals surface area contributed by atoms with E-state index in [1.165, 1.54) is 5.56 Å². The Balaban J connectivity index is 1.79. The van der Waals surface area contributed by atoms with Gasteiger partial charge in [-0.05, 0) is 43.7 Å². The van der Waals surface area contributed by atoms with Gasteiger partial charge in [-0.25, -0.2) is 4.98 Å². The molecule has 0 bridgehead atoms. The molecule has 1 N–H and O–H groups in total. The number of imidazole rings is 1. The lowest BCUT2D eigenvalue weighted by molar-refractivity contribution is 0.181. The van der Waals surface area contributed by atoms with Gasteiger partial charge < -0.3 is 14.4 Å². The van der Waals surface area contributed by atoms with Gasteiger partial charge in [-0.1, -0.05) is 24.3 Å². The molecule has 0 unspecified atom stereocenters. The van der Waals surface area contributed by atoms with Crippen molar-refractivity contribution in [1.82, 2.24) is 9.55 Å². The van der Waals surface area contributed by atoms with Gasteiger partial charge in [-0.3, -0.25) is 0 Å². The van der Waals surface area contributed by atoms with Gasteiger partial charge in [0.25, 0.3) is 0 Å². The molecule has 0 aliphatic rings. The average Bonchev–Trinajstić information content (AvgIpc) is 2.87. The Kier molecular flexibility index (Phi) is 4.11. The summed E-state index contributed by atoms with van der Waals surface area (Å²) in [4.78, 5) is 4.51. The van der Waals surface area contributed by atoms with Crippen molar-refractivity contribution in [3.8, 4) is 5.75 Å². The molecule has 0 fully saturated rings. The van der Waals surface area contributed by atoms with E-state index in [4.69, 9.17) is 4.74 Å². The molecule has 0 radical (unpaired) electrons. The van der Waals surface area contributed by atoms with E-state index in [1.807, 2.05) is 60.0 Å². The quantitative estimate of drug-likeness (QED) is 0.784. The first kappa shape index (κ1) is 14.6. The highest BCUT2D eigenvalue weighted by molar-refractivity contribution is 5.76. The number of hydrogen-bond donors (Lipinski definition) is 1. The first-order valence-electron chi connectivity index (χ1n) is 7.48. The summed E-state index contributed by atoms with van der Waals surface area (Å²) in [5.41, 5.74) is 3.09. The molecule has 0 amide bonds. The smallest absolute Gasteiger partial charge is 0.138 e. The molecule has 1 aromatic heterocycles. The Morgan fingerprint density at radius 1 is 1.18 bits per heavy atom. The summed E-state index contributed by atoms with van der Waals surface area (Å²) in [5, 5.41) is 9.93. The number of benzene rings is 2. The topological polar surface area (TPSA) is 47.3 Å². The summed E-state index contributed by atoms with van der Waals surface area (Å²) >= 11 is 0. The number of aliphatic hydroxyl groups excluding tert-OH is 1. The fraction of sp³-hybridized carbons (Fsp3) is 0.278. The Bertz CT molecular complexity index is 778. The summed E-state index contributed by atoms with van der Waals surface area (Å²) in [6, 6.07) is 15.9. The second-order valence-electron chi connectivity index (χ2n) is 5.45. The van der Waals surface area contributed by atoms with E-state index in [1.54, 1.807) is 6.92 Å². The van der Waals surface area contributed by atoms with Crippen molar-refractivity contribution in [1.29, 1.82) is 0 Å². The third kappa shape index (κ3) is 2.97. The first-order chi connectivity index (χ1) is 10.6. The Labute approximate surface area is 130 Å². The zero-order chi connectivity index (χ0) is 15.5. The molecule has 114 valence electrons. The normalized spacial score (nSPS) is 12.5. The monoisotopic (exact) mass is 296 g/mol. The minimum Gasteiger partial charge on any atom is -0.492 e. The summed E-state index contributed by atoms with van der Waals surface area (Å²) in [6.07, 6.45) is -0.605. The van der Waals surface area contributed by atoms with Crippen LogP contribution in [0.1, 0.15) is 24.4 Å². The second kappa shape index (κ2) is 6.20. The van der Waals surface area contributed by atoms with Crippen molar-refractivity contribution in [2.75, 3.05) is 6.61 Å². The lowest BCUT2D eigenvalue weighted by Gasteiger charge is -2.12. The maximum atomic E-state index is 9.93. The number of aliphatic hydroxyl groups is 1. The molecule has 1 atom stereocenters. The van der Waals surface area contributed by atoms with Gasteiger partial charge in [-0.2, -0.15) is 0 Å². The molecule has 0 saturated carbocycles. The van der Waals surface area contributed by atoms with Crippen molar-refractivity contribution < 1.29 is 9.84 Å². The van der Waals surface area contributed by atoms with Crippen LogP contribution >= 0.6 is 0 Å². The molecule has 0 aliphatic heterocycles. The van der Waals surface area contributed by atoms with Crippen LogP contribution in [0.5, 0.6) is 5.75 Å². The Morgan fingerprint density at radius 2 is 2.00 bits per heavy atom. The maximum absolute atomic E-state index is 9.93. The minimum atomic E-state index is -0.605. The maximum Gasteiger partial charge on any atom is 0.138 e. The Morgan fingerprint density at radius 3 is 2.77 bits per heavy atom. The number of fused-ring (bicyclic) bond motifs is 1. The van der Waals surface area contributed by atoms with Crippen LogP contribution in [-0.2, 0) is 6.54 Å². The van der Waals surface area contributed by atoms with E-state index in [9.17, 15) is 5.11 Å². The molecule has 2 aromatic carbocycles. The van der Waals surface area contributed by atoms with E-state index in [2.05, 4.69) is 4.98 Å². The fourth-order valence-electron chi connectivity index (χ4n) is 2.61. The third-order valence-corrected chi connectivity index (χ3v) is 3.63. The van der Waals surface area contributed by atoms with Gasteiger partial charge in [0.1, 0.15) is 24.3 Å². The molecular formula is C18H20N2O2. The lowest BCUT2D eigenvalue weighted by Crippen LogP contribution is -2.12. The van der Waals surface area contributed by atoms with Crippen LogP contribution < -0.4 is 4.74 Å². The minimum absolute atomic E-state index is 0.531. The van der Waals surface area contributed by atoms with Crippen molar-refractivity contribution in [2.45, 2.75) is 26.5 Å². The van der Waals surface area contributed by atoms with Crippen LogP contribution in [0, 0.1) is 6.92 Å². The number of nitrogens with zero attached hydrogens (tertiary/aromatic N) is 2. The number of rotatable bonds is 5. The van der Waals surface area contributed by atoms with Gasteiger partial charge in [0.05, 0.1) is 17.6 Å². The number of aromatic nitrogens is 2. The van der Waals surface area contributed by atoms with Crippen LogP contribution in [0.3, 0.4) is 0 Å². The van der Waals surface area contributed by atoms with E-state index < -0.39 is 6.10 Å². The van der Waals surface area contributed by atoms with Gasteiger partial charge in [0.2, 0.25) is 0 Å². The first-order valence-corrected chi connectivity index (χ1v) is 7.48. The average molecular weight is 296 g/mol. The summed E-state index contributed by atoms with van der Waals surface area (Å²) in [7, 11) is 0. The molecule has 0 aliphatic carbocycles. The van der Waals surface area contributed by atoms with Crippen molar-refractivity contribution >= 4 is 11.0 Å². The number of aryl methyl sites for hydroxylation is 1. The van der Waals surface area contributed by atoms with E-state index in [0.717, 1.165) is 16.8 Å². The molecule has 3 rings (SSSR count). The summed E-state index contributed by atoms with van der Waals surface area (Å²) in [5.74, 6) is 1.54. The molecule has 4 heteroatoms. The lowest BCUT2D eigenvalue weighted by atomic mass is 10.2. The van der Waals surface area contributed by atoms with Crippen molar-refractivity contribution in [3.63, 3.8) is 0 Å². The highest BCUT2D eigenvalue weighted by Gasteiger charge is 2.14. The standard InChI is InChI=1S/C18H20N2O2/c1-13-6-5-7-15(12-13)22-11-10-20-17-9-4-3-8-16(17)19-18(20)14(2)21/h3-9,12,14,21H,10-11H2,1-2H3/t14-/m0/s1. The van der Waals surface area contributed by atoms with Crippen molar-refractivity contribution in [3.05, 3.63) is 59.9 Å². The number of para-hydroxylation sites is 2. The van der Waals surface area contributed by atoms with Gasteiger partial charge in [-0.15, -0.1) is 0 Å². The number of hydrogen-bond acceptors (Lipinski definition) is 3. The predicted octanol–water partition coefficient (Wildman–Crippen LogP) is 3.48. The van der Waals surface area contributed by atoms with Crippen LogP contribution in [0.4, 0.5) is 0 Å². The van der Waals surface area contributed by atoms with Crippen LogP contribution in [0.2, 0.25) is 0 Å². The van der Waals surface area contributed by atoms with Crippen molar-refractivity contribution in [2.24, 2.45) is 0 Å². The molecule has 0 spiro atoms. The van der Waals surface area contributed by atoms with Gasteiger partial charge >= 0.3 is 0 Å². The SMILES string of the molecule is Cc1cccc(OCCn2c([C@H](C)O)nc3ccccc32)c1. The van der Waals surface area contributed by atoms with Crippen LogP contribution in [-0.4, -0.2) is 21.3 Å². The largest absolute Gasteiger partial charge is 0.492 e. The summed E-state index contributed by atoms with van der Waals surface area (Å²) in [6.45, 7) is 4.96. The van der Waals surface area contributed by atoms with E-state index in [-0.39, 0.29) is 0 Å². The zero-order valence-electron chi connectivity index (χ0n) is 12.9. The third-order valence-electron chi connectivity index (χ3n) is 3.63. The number of ether oxygens (including phenoxy) is 1. The van der Waals surface area contributed by atoms with Gasteiger partial charge in [0.15, 0.2) is 0 Å². The predicted molar refractivity (Wildman–Crippen MR) is 87.0 cm³/mol. The molecule has 22 heavy (non-hydrogen) atoms. The van der Waals surface area contributed by atoms with Crippen LogP contribution in [0.25, 0.3) is 11.0 Å². The van der Waals surface area contributed by atoms with E-state index in [0.29, 0.717) is 19.0 Å². The highest BCUT2D eigenvalue weighted by Crippen LogP contribution is 2.21. The van der Waals surface area contributed by atoms with E-state index >= 15 is 0 Å². The molecule has 4 nitrogen and oxygen atoms in total. The van der Waals surface area contributed by atoms with Gasteiger partial charge in [0, 0.05) is 0 Å². The fourth-order valence-corrected chi connectivity index (χ4v) is 2.61. The molecule has 0 saturated heterocycles. The zero-order valence-corrected chi connectivity index (χ0v) is 12.9. The molecule has 1 heterocycles. The summed E-state index contributed by atoms with van der Waals surface area (Å²) < 4.78 is 7.84. The van der Waals surface area contributed by atoms with Crippen LogP contribution in [0.15, 0.2) is 48.5 Å².